The monoisotopic (exact) mass is 417 g/mol. The van der Waals surface area contributed by atoms with Gasteiger partial charge in [-0.2, -0.15) is 5.10 Å². The van der Waals surface area contributed by atoms with E-state index in [0.29, 0.717) is 0 Å². The van der Waals surface area contributed by atoms with Crippen molar-refractivity contribution in [3.05, 3.63) is 77.2 Å². The third kappa shape index (κ3) is 3.65. The Labute approximate surface area is 181 Å². The number of halogens is 1. The molecule has 5 rings (SSSR count). The van der Waals surface area contributed by atoms with Gasteiger partial charge in [-0.05, 0) is 61.4 Å². The highest BCUT2D eigenvalue weighted by molar-refractivity contribution is 6.30. The molecule has 6 heteroatoms. The van der Waals surface area contributed by atoms with Crippen molar-refractivity contribution < 1.29 is 0 Å². The minimum absolute atomic E-state index is 0.723. The van der Waals surface area contributed by atoms with E-state index in [0.717, 1.165) is 58.6 Å². The molecule has 152 valence electrons. The van der Waals surface area contributed by atoms with Crippen molar-refractivity contribution in [2.24, 2.45) is 5.92 Å². The van der Waals surface area contributed by atoms with Crippen molar-refractivity contribution in [1.29, 1.82) is 0 Å². The molecule has 0 amide bonds. The van der Waals surface area contributed by atoms with Crippen LogP contribution < -0.4 is 4.90 Å². The normalized spacial score (nSPS) is 15.1. The number of hydrogen-bond acceptors (Lipinski definition) is 4. The van der Waals surface area contributed by atoms with Crippen LogP contribution in [0.5, 0.6) is 0 Å². The summed E-state index contributed by atoms with van der Waals surface area (Å²) in [5.74, 6) is 1.71. The number of aryl methyl sites for hydroxylation is 1. The summed E-state index contributed by atoms with van der Waals surface area (Å²) in [6.07, 6.45) is 7.03. The van der Waals surface area contributed by atoms with Crippen LogP contribution in [0, 0.1) is 12.8 Å². The van der Waals surface area contributed by atoms with Crippen LogP contribution in [0.15, 0.2) is 61.1 Å². The topological polar surface area (TPSA) is 46.8 Å². The van der Waals surface area contributed by atoms with Crippen molar-refractivity contribution in [3.63, 3.8) is 0 Å². The van der Waals surface area contributed by atoms with Crippen molar-refractivity contribution in [2.75, 3.05) is 18.0 Å². The summed E-state index contributed by atoms with van der Waals surface area (Å²) in [6, 6.07) is 16.6. The molecule has 0 atom stereocenters. The number of piperidine rings is 1. The molecule has 0 radical (unpaired) electrons. The average molecular weight is 418 g/mol. The summed E-state index contributed by atoms with van der Waals surface area (Å²) in [7, 11) is 0. The fourth-order valence-electron chi connectivity index (χ4n) is 4.41. The molecule has 1 saturated heterocycles. The van der Waals surface area contributed by atoms with Crippen molar-refractivity contribution in [2.45, 2.75) is 26.2 Å². The Hall–Kier alpha value is -2.92. The molecule has 1 aliphatic heterocycles. The fourth-order valence-corrected chi connectivity index (χ4v) is 4.64. The third-order valence-corrected chi connectivity index (χ3v) is 6.25. The van der Waals surface area contributed by atoms with Gasteiger partial charge in [-0.1, -0.05) is 41.9 Å². The Morgan fingerprint density at radius 2 is 1.83 bits per heavy atom. The molecule has 4 aromatic rings. The van der Waals surface area contributed by atoms with E-state index in [2.05, 4.69) is 50.3 Å². The first-order chi connectivity index (χ1) is 14.7. The molecule has 1 aliphatic rings. The number of fused-ring (bicyclic) bond motifs is 1. The highest BCUT2D eigenvalue weighted by atomic mass is 35.5. The first kappa shape index (κ1) is 19.1. The average Bonchev–Trinajstić information content (AvgIpc) is 3.19. The van der Waals surface area contributed by atoms with Gasteiger partial charge < -0.3 is 4.90 Å². The van der Waals surface area contributed by atoms with Gasteiger partial charge in [-0.15, -0.1) is 0 Å². The Bertz CT molecular complexity index is 1160. The highest BCUT2D eigenvalue weighted by Gasteiger charge is 2.23. The summed E-state index contributed by atoms with van der Waals surface area (Å²) >= 11 is 6.12. The summed E-state index contributed by atoms with van der Waals surface area (Å²) < 4.78 is 1.88. The van der Waals surface area contributed by atoms with E-state index in [9.17, 15) is 0 Å². The molecule has 3 heterocycles. The van der Waals surface area contributed by atoms with Gasteiger partial charge >= 0.3 is 0 Å². The predicted molar refractivity (Wildman–Crippen MR) is 121 cm³/mol. The smallest absolute Gasteiger partial charge is 0.168 e. The van der Waals surface area contributed by atoms with Gasteiger partial charge in [-0.25, -0.2) is 14.6 Å². The molecule has 0 bridgehead atoms. The van der Waals surface area contributed by atoms with Crippen LogP contribution in [0.2, 0.25) is 5.02 Å². The van der Waals surface area contributed by atoms with Gasteiger partial charge in [0.2, 0.25) is 0 Å². The molecule has 2 aromatic carbocycles. The van der Waals surface area contributed by atoms with E-state index in [-0.39, 0.29) is 0 Å². The lowest BCUT2D eigenvalue weighted by Crippen LogP contribution is -2.35. The minimum atomic E-state index is 0.723. The lowest BCUT2D eigenvalue weighted by Gasteiger charge is -2.33. The first-order valence-corrected chi connectivity index (χ1v) is 10.8. The third-order valence-electron chi connectivity index (χ3n) is 6.01. The zero-order valence-electron chi connectivity index (χ0n) is 17.0. The SMILES string of the molecule is Cc1cc(Cl)ccc1-n1ncc2c(N3CCC(Cc4ccccc4)CC3)ncnc21. The molecule has 5 nitrogen and oxygen atoms in total. The van der Waals surface area contributed by atoms with Crippen LogP contribution in [-0.2, 0) is 6.42 Å². The molecule has 0 aliphatic carbocycles. The van der Waals surface area contributed by atoms with Gasteiger partial charge in [0.05, 0.1) is 17.3 Å². The van der Waals surface area contributed by atoms with Crippen LogP contribution in [0.3, 0.4) is 0 Å². The van der Waals surface area contributed by atoms with E-state index in [4.69, 9.17) is 11.6 Å². The quantitative estimate of drug-likeness (QED) is 0.455. The zero-order chi connectivity index (χ0) is 20.5. The first-order valence-electron chi connectivity index (χ1n) is 10.4. The molecule has 1 fully saturated rings. The number of benzene rings is 2. The maximum absolute atomic E-state index is 6.12. The Balaban J connectivity index is 1.38. The lowest BCUT2D eigenvalue weighted by atomic mass is 9.90. The molecule has 2 aromatic heterocycles. The second-order valence-electron chi connectivity index (χ2n) is 8.04. The van der Waals surface area contributed by atoms with Gasteiger partial charge in [0.15, 0.2) is 5.65 Å². The number of aromatic nitrogens is 4. The van der Waals surface area contributed by atoms with E-state index in [1.807, 2.05) is 36.0 Å². The number of rotatable bonds is 4. The van der Waals surface area contributed by atoms with Gasteiger partial charge in [-0.3, -0.25) is 0 Å². The predicted octanol–water partition coefficient (Wildman–Crippen LogP) is 5.24. The minimum Gasteiger partial charge on any atom is -0.356 e. The summed E-state index contributed by atoms with van der Waals surface area (Å²) in [5.41, 5.74) is 4.31. The number of nitrogens with zero attached hydrogens (tertiary/aromatic N) is 5. The van der Waals surface area contributed by atoms with E-state index >= 15 is 0 Å². The largest absolute Gasteiger partial charge is 0.356 e. The Morgan fingerprint density at radius 1 is 1.03 bits per heavy atom. The summed E-state index contributed by atoms with van der Waals surface area (Å²) in [5, 5.41) is 6.34. The molecule has 0 spiro atoms. The lowest BCUT2D eigenvalue weighted by molar-refractivity contribution is 0.402. The summed E-state index contributed by atoms with van der Waals surface area (Å²) in [6.45, 7) is 4.05. The van der Waals surface area contributed by atoms with Crippen molar-refractivity contribution >= 4 is 28.5 Å². The van der Waals surface area contributed by atoms with Crippen LogP contribution in [-0.4, -0.2) is 32.8 Å². The molecule has 0 N–H and O–H groups in total. The van der Waals surface area contributed by atoms with E-state index in [1.54, 1.807) is 6.33 Å². The standard InChI is InChI=1S/C24H24ClN5/c1-17-13-20(25)7-8-22(17)30-24-21(15-28-30)23(26-16-27-24)29-11-9-19(10-12-29)14-18-5-3-2-4-6-18/h2-8,13,15-16,19H,9-12,14H2,1H3. The van der Waals surface area contributed by atoms with Crippen LogP contribution in [0.4, 0.5) is 5.82 Å². The molecular formula is C24H24ClN5. The number of hydrogen-bond donors (Lipinski definition) is 0. The van der Waals surface area contributed by atoms with Gasteiger partial charge in [0.1, 0.15) is 12.1 Å². The Kier molecular flexibility index (Phi) is 5.13. The maximum atomic E-state index is 6.12. The molecule has 0 unspecified atom stereocenters. The van der Waals surface area contributed by atoms with E-state index in [1.165, 1.54) is 18.4 Å². The summed E-state index contributed by atoms with van der Waals surface area (Å²) in [4.78, 5) is 11.5. The van der Waals surface area contributed by atoms with Crippen LogP contribution in [0.25, 0.3) is 16.7 Å². The maximum Gasteiger partial charge on any atom is 0.168 e. The Morgan fingerprint density at radius 3 is 2.60 bits per heavy atom. The van der Waals surface area contributed by atoms with E-state index < -0.39 is 0 Å². The molecular weight excluding hydrogens is 394 g/mol. The zero-order valence-corrected chi connectivity index (χ0v) is 17.8. The second kappa shape index (κ2) is 8.07. The molecule has 0 saturated carbocycles. The number of anilines is 1. The molecule has 30 heavy (non-hydrogen) atoms. The highest BCUT2D eigenvalue weighted by Crippen LogP contribution is 2.30. The van der Waals surface area contributed by atoms with Crippen LogP contribution in [0.1, 0.15) is 24.0 Å². The van der Waals surface area contributed by atoms with Gasteiger partial charge in [0.25, 0.3) is 0 Å². The van der Waals surface area contributed by atoms with Gasteiger partial charge in [0, 0.05) is 18.1 Å². The second-order valence-corrected chi connectivity index (χ2v) is 8.48. The van der Waals surface area contributed by atoms with Crippen molar-refractivity contribution in [1.82, 2.24) is 19.7 Å². The van der Waals surface area contributed by atoms with Crippen LogP contribution >= 0.6 is 11.6 Å². The van der Waals surface area contributed by atoms with Crippen molar-refractivity contribution in [3.8, 4) is 5.69 Å². The fraction of sp³-hybridized carbons (Fsp3) is 0.292.